The van der Waals surface area contributed by atoms with Crippen molar-refractivity contribution >= 4 is 52.3 Å². The van der Waals surface area contributed by atoms with E-state index in [0.29, 0.717) is 40.8 Å². The van der Waals surface area contributed by atoms with Crippen molar-refractivity contribution in [3.63, 3.8) is 0 Å². The molecule has 0 N–H and O–H groups in total. The Hall–Kier alpha value is -2.20. The van der Waals surface area contributed by atoms with Crippen LogP contribution >= 0.6 is 34.8 Å². The first-order valence-electron chi connectivity index (χ1n) is 11.8. The number of anilines is 1. The molecule has 1 fully saturated rings. The molecule has 0 saturated carbocycles. The van der Waals surface area contributed by atoms with E-state index in [1.807, 2.05) is 35.2 Å². The molecule has 1 atom stereocenters. The second-order valence-corrected chi connectivity index (χ2v) is 11.7. The van der Waals surface area contributed by atoms with Crippen LogP contribution in [0.4, 0.5) is 18.9 Å². The predicted molar refractivity (Wildman–Crippen MR) is 137 cm³/mol. The first-order valence-corrected chi connectivity index (χ1v) is 12.9. The van der Waals surface area contributed by atoms with Crippen LogP contribution in [0.1, 0.15) is 28.3 Å². The van der Waals surface area contributed by atoms with Crippen LogP contribution in [0, 0.1) is 0 Å². The number of alkyl halides is 6. The van der Waals surface area contributed by atoms with E-state index in [1.165, 1.54) is 7.11 Å². The van der Waals surface area contributed by atoms with Crippen LogP contribution in [0.5, 0.6) is 17.2 Å². The fourth-order valence-corrected chi connectivity index (χ4v) is 6.39. The molecule has 4 heterocycles. The highest BCUT2D eigenvalue weighted by atomic mass is 35.6. The molecule has 0 spiro atoms. The lowest BCUT2D eigenvalue weighted by Gasteiger charge is -2.47. The van der Waals surface area contributed by atoms with Crippen LogP contribution in [0.2, 0.25) is 0 Å². The van der Waals surface area contributed by atoms with Crippen molar-refractivity contribution < 1.29 is 27.4 Å². The number of nitrogens with zero attached hydrogens (tertiary/aromatic N) is 3. The van der Waals surface area contributed by atoms with Crippen molar-refractivity contribution in [2.24, 2.45) is 0 Å². The molecule has 6 nitrogen and oxygen atoms in total. The van der Waals surface area contributed by atoms with Gasteiger partial charge in [0.05, 0.1) is 12.8 Å². The van der Waals surface area contributed by atoms with E-state index in [4.69, 9.17) is 49.0 Å². The van der Waals surface area contributed by atoms with Crippen molar-refractivity contribution in [3.8, 4) is 17.2 Å². The normalized spacial score (nSPS) is 21.3. The number of benzene rings is 2. The highest BCUT2D eigenvalue weighted by Crippen LogP contribution is 2.56. The van der Waals surface area contributed by atoms with Gasteiger partial charge in [0.2, 0.25) is 10.6 Å². The number of fused-ring (bicyclic) bond motifs is 5. The van der Waals surface area contributed by atoms with Crippen LogP contribution in [-0.4, -0.2) is 66.5 Å². The van der Waals surface area contributed by atoms with Crippen LogP contribution < -0.4 is 19.1 Å². The Kier molecular flexibility index (Phi) is 6.06. The summed E-state index contributed by atoms with van der Waals surface area (Å²) in [4.78, 5) is 4.48. The van der Waals surface area contributed by atoms with Crippen LogP contribution in [0.25, 0.3) is 11.8 Å². The van der Waals surface area contributed by atoms with Gasteiger partial charge in [-0.1, -0.05) is 40.9 Å². The predicted octanol–water partition coefficient (Wildman–Crippen LogP) is 5.85. The summed E-state index contributed by atoms with van der Waals surface area (Å²) in [6, 6.07) is 6.97. The van der Waals surface area contributed by atoms with Gasteiger partial charge in [-0.25, -0.2) is 4.90 Å². The van der Waals surface area contributed by atoms with Gasteiger partial charge in [0, 0.05) is 49.5 Å². The fraction of sp³-hybridized carbons (Fsp3) is 0.440. The maximum atomic E-state index is 13.3. The molecule has 6 rings (SSSR count). The third-order valence-corrected chi connectivity index (χ3v) is 8.00. The first kappa shape index (κ1) is 25.1. The van der Waals surface area contributed by atoms with Gasteiger partial charge >= 0.3 is 6.30 Å². The minimum atomic E-state index is -4.37. The van der Waals surface area contributed by atoms with Gasteiger partial charge in [0.1, 0.15) is 11.8 Å². The Balaban J connectivity index is 1.49. The largest absolute Gasteiger partial charge is 0.495 e. The summed E-state index contributed by atoms with van der Waals surface area (Å²) >= 11 is 20.0. The topological polar surface area (TPSA) is 37.4 Å². The Morgan fingerprint density at radius 1 is 0.973 bits per heavy atom. The van der Waals surface area contributed by atoms with Crippen molar-refractivity contribution in [1.82, 2.24) is 9.80 Å². The molecule has 0 radical (unpaired) electrons. The summed E-state index contributed by atoms with van der Waals surface area (Å²) in [6.45, 7) is 0.726. The van der Waals surface area contributed by atoms with E-state index in [1.54, 1.807) is 0 Å². The maximum absolute atomic E-state index is 13.3. The number of hydrogen-bond donors (Lipinski definition) is 0. The quantitative estimate of drug-likeness (QED) is 0.330. The van der Waals surface area contributed by atoms with Crippen LogP contribution in [0.15, 0.2) is 24.3 Å². The second kappa shape index (κ2) is 8.93. The smallest absolute Gasteiger partial charge is 0.460 e. The zero-order chi connectivity index (χ0) is 26.1. The summed E-state index contributed by atoms with van der Waals surface area (Å²) in [7, 11) is 1.53. The van der Waals surface area contributed by atoms with Crippen molar-refractivity contribution in [1.29, 1.82) is 0 Å². The summed E-state index contributed by atoms with van der Waals surface area (Å²) < 4.78 is 55.0. The molecule has 2 aromatic carbocycles. The van der Waals surface area contributed by atoms with Gasteiger partial charge in [-0.15, -0.1) is 0 Å². The monoisotopic (exact) mass is 575 g/mol. The molecule has 37 heavy (non-hydrogen) atoms. The zero-order valence-corrected chi connectivity index (χ0v) is 22.0. The Morgan fingerprint density at radius 3 is 2.32 bits per heavy atom. The summed E-state index contributed by atoms with van der Waals surface area (Å²) in [5, 5.41) is 0. The van der Waals surface area contributed by atoms with Crippen LogP contribution in [-0.2, 0) is 6.42 Å². The Bertz CT molecular complexity index is 1270. The molecule has 2 aromatic rings. The molecule has 4 aliphatic heterocycles. The molecule has 0 amide bonds. The number of methoxy groups -OCH3 is 1. The molecule has 4 aliphatic rings. The second-order valence-electron chi connectivity index (χ2n) is 9.34. The van der Waals surface area contributed by atoms with Crippen molar-refractivity contribution in [2.75, 3.05) is 51.5 Å². The lowest BCUT2D eigenvalue weighted by Crippen LogP contribution is -2.52. The highest BCUT2D eigenvalue weighted by molar-refractivity contribution is 6.68. The third kappa shape index (κ3) is 4.24. The van der Waals surface area contributed by atoms with Gasteiger partial charge in [-0.05, 0) is 41.8 Å². The Morgan fingerprint density at radius 2 is 1.68 bits per heavy atom. The number of halogens is 6. The van der Waals surface area contributed by atoms with Gasteiger partial charge in [-0.3, -0.25) is 0 Å². The van der Waals surface area contributed by atoms with E-state index >= 15 is 0 Å². The van der Waals surface area contributed by atoms with Gasteiger partial charge in [-0.2, -0.15) is 13.2 Å². The number of hydrogen-bond acceptors (Lipinski definition) is 6. The van der Waals surface area contributed by atoms with Gasteiger partial charge in [0.15, 0.2) is 11.5 Å². The number of rotatable bonds is 2. The minimum Gasteiger partial charge on any atom is -0.495 e. The first-order chi connectivity index (χ1) is 17.6. The number of piperazine rings is 1. The van der Waals surface area contributed by atoms with E-state index in [2.05, 4.69) is 4.90 Å². The van der Waals surface area contributed by atoms with Crippen molar-refractivity contribution in [2.45, 2.75) is 22.6 Å². The maximum Gasteiger partial charge on any atom is 0.460 e. The SMILES string of the molecule is COc1ccc2c(c1N1CCN(C(F)(F)F)CC1)[C@H](C(Cl)(Cl)Cl)N1CCc3cc4c(cc3C1=C2)OCO4. The van der Waals surface area contributed by atoms with Crippen molar-refractivity contribution in [3.05, 3.63) is 46.5 Å². The van der Waals surface area contributed by atoms with E-state index in [9.17, 15) is 13.2 Å². The molecular weight excluding hydrogens is 554 g/mol. The summed E-state index contributed by atoms with van der Waals surface area (Å²) in [5.74, 6) is 1.90. The standard InChI is InChI=1S/C25H23Cl3F3N3O3/c1-35-18-3-2-15-10-17-16-12-20-19(36-13-37-20)11-14(16)4-5-34(17)23(24(26,27)28)21(15)22(18)32-6-8-33(9-7-32)25(29,30)31/h2-3,10-12,23H,4-9,13H2,1H3/t23-/m1/s1. The summed E-state index contributed by atoms with van der Waals surface area (Å²) in [6.07, 6.45) is -1.64. The average molecular weight is 577 g/mol. The molecule has 1 saturated heterocycles. The molecule has 0 unspecified atom stereocenters. The zero-order valence-electron chi connectivity index (χ0n) is 19.7. The van der Waals surface area contributed by atoms with E-state index in [0.717, 1.165) is 28.0 Å². The van der Waals surface area contributed by atoms with Gasteiger partial charge in [0.25, 0.3) is 0 Å². The molecule has 0 aromatic heterocycles. The third-order valence-electron chi connectivity index (χ3n) is 7.38. The fourth-order valence-electron chi connectivity index (χ4n) is 5.71. The molecule has 12 heteroatoms. The minimum absolute atomic E-state index is 0.155. The lowest BCUT2D eigenvalue weighted by atomic mass is 9.85. The van der Waals surface area contributed by atoms with Gasteiger partial charge < -0.3 is 24.0 Å². The highest BCUT2D eigenvalue weighted by Gasteiger charge is 2.47. The molecule has 0 bridgehead atoms. The van der Waals surface area contributed by atoms with E-state index < -0.39 is 16.1 Å². The molecular formula is C25H23Cl3F3N3O3. The summed E-state index contributed by atoms with van der Waals surface area (Å²) in [5.41, 5.74) is 5.17. The Labute approximate surface area is 227 Å². The van der Waals surface area contributed by atoms with Crippen LogP contribution in [0.3, 0.4) is 0 Å². The average Bonchev–Trinajstić information content (AvgIpc) is 3.31. The number of ether oxygens (including phenoxy) is 3. The van der Waals surface area contributed by atoms with E-state index in [-0.39, 0.29) is 33.0 Å². The molecule has 198 valence electrons. The lowest BCUT2D eigenvalue weighted by molar-refractivity contribution is -0.246. The molecule has 0 aliphatic carbocycles.